The van der Waals surface area contributed by atoms with Gasteiger partial charge in [0.05, 0.1) is 16.7 Å². The standard InChI is InChI=1S/C13H18ClN3O2/c1-15-12-11(14)7-9(8-16-12)13(18)17-5-3-10(19-2)4-6-17/h7-8,10H,3-6H2,1-2H3,(H,15,16). The summed E-state index contributed by atoms with van der Waals surface area (Å²) < 4.78 is 5.29. The summed E-state index contributed by atoms with van der Waals surface area (Å²) in [5, 5.41) is 3.33. The van der Waals surface area contributed by atoms with Crippen molar-refractivity contribution in [1.29, 1.82) is 0 Å². The number of ether oxygens (including phenoxy) is 1. The van der Waals surface area contributed by atoms with E-state index in [1.807, 2.05) is 4.90 Å². The molecule has 1 N–H and O–H groups in total. The molecule has 0 unspecified atom stereocenters. The molecule has 6 heteroatoms. The second-order valence-electron chi connectivity index (χ2n) is 4.53. The number of likely N-dealkylation sites (tertiary alicyclic amines) is 1. The van der Waals surface area contributed by atoms with Gasteiger partial charge in [-0.3, -0.25) is 4.79 Å². The Balaban J connectivity index is 2.06. The number of amides is 1. The first kappa shape index (κ1) is 14.1. The van der Waals surface area contributed by atoms with Crippen LogP contribution in [0.3, 0.4) is 0 Å². The smallest absolute Gasteiger partial charge is 0.255 e. The van der Waals surface area contributed by atoms with Gasteiger partial charge in [0.25, 0.3) is 5.91 Å². The number of nitrogens with zero attached hydrogens (tertiary/aromatic N) is 2. The second kappa shape index (κ2) is 6.21. The van der Waals surface area contributed by atoms with Gasteiger partial charge in [0.1, 0.15) is 5.82 Å². The van der Waals surface area contributed by atoms with Crippen molar-refractivity contribution in [2.75, 3.05) is 32.6 Å². The quantitative estimate of drug-likeness (QED) is 0.922. The number of nitrogens with one attached hydrogen (secondary N) is 1. The van der Waals surface area contributed by atoms with E-state index in [2.05, 4.69) is 10.3 Å². The number of pyridine rings is 1. The molecule has 2 rings (SSSR count). The Morgan fingerprint density at radius 2 is 2.21 bits per heavy atom. The van der Waals surface area contributed by atoms with E-state index in [1.54, 1.807) is 26.4 Å². The average molecular weight is 284 g/mol. The minimum atomic E-state index is -0.0217. The third kappa shape index (κ3) is 3.16. The lowest BCUT2D eigenvalue weighted by atomic mass is 10.1. The van der Waals surface area contributed by atoms with Gasteiger partial charge in [0.2, 0.25) is 0 Å². The molecule has 2 heterocycles. The third-order valence-electron chi connectivity index (χ3n) is 3.39. The zero-order valence-corrected chi connectivity index (χ0v) is 11.9. The Bertz CT molecular complexity index is 459. The Labute approximate surface area is 117 Å². The number of hydrogen-bond acceptors (Lipinski definition) is 4. The molecule has 1 aliphatic rings. The molecule has 0 radical (unpaired) electrons. The highest BCUT2D eigenvalue weighted by molar-refractivity contribution is 6.33. The number of hydrogen-bond donors (Lipinski definition) is 1. The average Bonchev–Trinajstić information content (AvgIpc) is 2.46. The number of carbonyl (C=O) groups is 1. The second-order valence-corrected chi connectivity index (χ2v) is 4.94. The number of carbonyl (C=O) groups excluding carboxylic acids is 1. The molecule has 1 aliphatic heterocycles. The van der Waals surface area contributed by atoms with Gasteiger partial charge in [0.15, 0.2) is 0 Å². The molecule has 1 aromatic rings. The summed E-state index contributed by atoms with van der Waals surface area (Å²) in [5.74, 6) is 0.558. The van der Waals surface area contributed by atoms with E-state index >= 15 is 0 Å². The van der Waals surface area contributed by atoms with Crippen molar-refractivity contribution in [3.05, 3.63) is 22.8 Å². The van der Waals surface area contributed by atoms with Crippen molar-refractivity contribution in [3.8, 4) is 0 Å². The highest BCUT2D eigenvalue weighted by Crippen LogP contribution is 2.21. The fourth-order valence-corrected chi connectivity index (χ4v) is 2.48. The summed E-state index contributed by atoms with van der Waals surface area (Å²) in [7, 11) is 3.45. The molecule has 0 aromatic carbocycles. The maximum Gasteiger partial charge on any atom is 0.255 e. The summed E-state index contributed by atoms with van der Waals surface area (Å²) in [6.45, 7) is 1.42. The predicted molar refractivity (Wildman–Crippen MR) is 74.7 cm³/mol. The fraction of sp³-hybridized carbons (Fsp3) is 0.538. The van der Waals surface area contributed by atoms with Gasteiger partial charge in [-0.1, -0.05) is 11.6 Å². The summed E-state index contributed by atoms with van der Waals surface area (Å²) >= 11 is 6.04. The van der Waals surface area contributed by atoms with Crippen molar-refractivity contribution >= 4 is 23.3 Å². The van der Waals surface area contributed by atoms with Crippen molar-refractivity contribution < 1.29 is 9.53 Å². The van der Waals surface area contributed by atoms with Crippen LogP contribution in [0.2, 0.25) is 5.02 Å². The van der Waals surface area contributed by atoms with Gasteiger partial charge in [-0.2, -0.15) is 0 Å². The van der Waals surface area contributed by atoms with Crippen LogP contribution in [0.25, 0.3) is 0 Å². The molecule has 1 saturated heterocycles. The van der Waals surface area contributed by atoms with Gasteiger partial charge in [-0.05, 0) is 18.9 Å². The molecule has 0 bridgehead atoms. The first-order chi connectivity index (χ1) is 9.15. The van der Waals surface area contributed by atoms with Crippen molar-refractivity contribution in [2.45, 2.75) is 18.9 Å². The minimum Gasteiger partial charge on any atom is -0.381 e. The minimum absolute atomic E-state index is 0.0217. The molecule has 1 aromatic heterocycles. The van der Waals surface area contributed by atoms with Crippen LogP contribution >= 0.6 is 11.6 Å². The Morgan fingerprint density at radius 1 is 1.53 bits per heavy atom. The fourth-order valence-electron chi connectivity index (χ4n) is 2.22. The molecule has 0 spiro atoms. The van der Waals surface area contributed by atoms with Gasteiger partial charge < -0.3 is 15.0 Å². The third-order valence-corrected chi connectivity index (χ3v) is 3.68. The molecule has 0 aliphatic carbocycles. The van der Waals surface area contributed by atoms with E-state index in [9.17, 15) is 4.79 Å². The lowest BCUT2D eigenvalue weighted by molar-refractivity contribution is 0.0350. The Hall–Kier alpha value is -1.33. The van der Waals surface area contributed by atoms with Gasteiger partial charge in [0, 0.05) is 33.4 Å². The first-order valence-electron chi connectivity index (χ1n) is 6.31. The Kier molecular flexibility index (Phi) is 4.61. The van der Waals surface area contributed by atoms with E-state index in [1.165, 1.54) is 0 Å². The number of piperidine rings is 1. The lowest BCUT2D eigenvalue weighted by Crippen LogP contribution is -2.40. The van der Waals surface area contributed by atoms with Crippen LogP contribution in [0, 0.1) is 0 Å². The first-order valence-corrected chi connectivity index (χ1v) is 6.69. The maximum absolute atomic E-state index is 12.3. The monoisotopic (exact) mass is 283 g/mol. The molecule has 1 amide bonds. The highest BCUT2D eigenvalue weighted by Gasteiger charge is 2.23. The number of aromatic nitrogens is 1. The van der Waals surface area contributed by atoms with Crippen LogP contribution in [0.1, 0.15) is 23.2 Å². The van der Waals surface area contributed by atoms with Crippen LogP contribution in [0.15, 0.2) is 12.3 Å². The summed E-state index contributed by atoms with van der Waals surface area (Å²) in [6.07, 6.45) is 3.57. The molecule has 5 nitrogen and oxygen atoms in total. The number of halogens is 1. The Morgan fingerprint density at radius 3 is 2.74 bits per heavy atom. The van der Waals surface area contributed by atoms with Gasteiger partial charge >= 0.3 is 0 Å². The molecular formula is C13H18ClN3O2. The molecule has 19 heavy (non-hydrogen) atoms. The molecule has 1 fully saturated rings. The maximum atomic E-state index is 12.3. The van der Waals surface area contributed by atoms with Crippen LogP contribution in [0.4, 0.5) is 5.82 Å². The summed E-state index contributed by atoms with van der Waals surface area (Å²) in [5.41, 5.74) is 0.528. The SMILES string of the molecule is CNc1ncc(C(=O)N2CCC(OC)CC2)cc1Cl. The summed E-state index contributed by atoms with van der Waals surface area (Å²) in [4.78, 5) is 18.3. The van der Waals surface area contributed by atoms with Gasteiger partial charge in [-0.25, -0.2) is 4.98 Å². The van der Waals surface area contributed by atoms with E-state index in [-0.39, 0.29) is 12.0 Å². The van der Waals surface area contributed by atoms with E-state index in [4.69, 9.17) is 16.3 Å². The van der Waals surface area contributed by atoms with Crippen molar-refractivity contribution in [3.63, 3.8) is 0 Å². The van der Waals surface area contributed by atoms with Crippen LogP contribution in [-0.4, -0.2) is 49.1 Å². The zero-order valence-electron chi connectivity index (χ0n) is 11.1. The highest BCUT2D eigenvalue weighted by atomic mass is 35.5. The van der Waals surface area contributed by atoms with Gasteiger partial charge in [-0.15, -0.1) is 0 Å². The normalized spacial score (nSPS) is 16.5. The number of anilines is 1. The van der Waals surface area contributed by atoms with Crippen LogP contribution < -0.4 is 5.32 Å². The van der Waals surface area contributed by atoms with Crippen molar-refractivity contribution in [2.24, 2.45) is 0 Å². The van der Waals surface area contributed by atoms with E-state index in [0.717, 1.165) is 12.8 Å². The number of rotatable bonds is 3. The van der Waals surface area contributed by atoms with Crippen LogP contribution in [-0.2, 0) is 4.74 Å². The zero-order chi connectivity index (χ0) is 13.8. The topological polar surface area (TPSA) is 54.5 Å². The molecule has 0 atom stereocenters. The summed E-state index contributed by atoms with van der Waals surface area (Å²) in [6, 6.07) is 1.66. The largest absolute Gasteiger partial charge is 0.381 e. The predicted octanol–water partition coefficient (Wildman–Crippen LogP) is 2.03. The lowest BCUT2D eigenvalue weighted by Gasteiger charge is -2.31. The molecular weight excluding hydrogens is 266 g/mol. The van der Waals surface area contributed by atoms with E-state index in [0.29, 0.717) is 29.5 Å². The van der Waals surface area contributed by atoms with E-state index < -0.39 is 0 Å². The van der Waals surface area contributed by atoms with Crippen molar-refractivity contribution in [1.82, 2.24) is 9.88 Å². The molecule has 0 saturated carbocycles. The number of methoxy groups -OCH3 is 1. The molecule has 104 valence electrons. The van der Waals surface area contributed by atoms with Crippen LogP contribution in [0.5, 0.6) is 0 Å².